The van der Waals surface area contributed by atoms with Crippen molar-refractivity contribution in [2.45, 2.75) is 12.8 Å². The van der Waals surface area contributed by atoms with Crippen LogP contribution in [0.4, 0.5) is 17.1 Å². The number of rotatable bonds is 8. The molecule has 0 aromatic heterocycles. The van der Waals surface area contributed by atoms with Crippen LogP contribution in [0.1, 0.15) is 12.8 Å². The van der Waals surface area contributed by atoms with Gasteiger partial charge in [0.25, 0.3) is 0 Å². The first-order chi connectivity index (χ1) is 12.8. The van der Waals surface area contributed by atoms with E-state index in [2.05, 4.69) is 97.4 Å². The van der Waals surface area contributed by atoms with Gasteiger partial charge in [-0.3, -0.25) is 0 Å². The number of benzene rings is 3. The average Bonchev–Trinajstić information content (AvgIpc) is 2.69. The van der Waals surface area contributed by atoms with E-state index in [0.717, 1.165) is 52.1 Å². The molecule has 3 aromatic rings. The van der Waals surface area contributed by atoms with Gasteiger partial charge in [0.1, 0.15) is 5.75 Å². The zero-order valence-corrected chi connectivity index (χ0v) is 17.6. The van der Waals surface area contributed by atoms with Crippen LogP contribution in [0.25, 0.3) is 0 Å². The minimum atomic E-state index is 0.750. The summed E-state index contributed by atoms with van der Waals surface area (Å²) < 4.78 is 6.90. The van der Waals surface area contributed by atoms with Crippen molar-refractivity contribution in [1.82, 2.24) is 0 Å². The molecule has 0 atom stereocenters. The van der Waals surface area contributed by atoms with E-state index < -0.39 is 0 Å². The van der Waals surface area contributed by atoms with Gasteiger partial charge in [-0.2, -0.15) is 0 Å². The third kappa shape index (κ3) is 5.12. The summed E-state index contributed by atoms with van der Waals surface area (Å²) in [6.45, 7) is 0.750. The lowest BCUT2D eigenvalue weighted by molar-refractivity contribution is 0.310. The molecule has 0 aliphatic carbocycles. The zero-order chi connectivity index (χ0) is 18.2. The Balaban J connectivity index is 1.84. The monoisotopic (exact) mass is 473 g/mol. The van der Waals surface area contributed by atoms with E-state index in [9.17, 15) is 0 Å². The number of halogens is 2. The van der Waals surface area contributed by atoms with Gasteiger partial charge in [0.05, 0.1) is 6.61 Å². The fraction of sp³-hybridized carbons (Fsp3) is 0.182. The first-order valence-corrected chi connectivity index (χ1v) is 10.6. The zero-order valence-electron chi connectivity index (χ0n) is 14.4. The summed E-state index contributed by atoms with van der Waals surface area (Å²) in [5.41, 5.74) is 3.34. The van der Waals surface area contributed by atoms with Crippen LogP contribution >= 0.6 is 31.9 Å². The van der Waals surface area contributed by atoms with Crippen LogP contribution in [0.3, 0.4) is 0 Å². The topological polar surface area (TPSA) is 12.5 Å². The standard InChI is InChI=1S/C22H21Br2NO/c23-16-4-5-17-26-22-14-12-21(13-15-22)25(19-6-2-1-3-7-19)20-10-8-18(24)9-11-20/h1-3,6-15H,4-5,16-17H2. The molecule has 0 bridgehead atoms. The largest absolute Gasteiger partial charge is 0.494 e. The van der Waals surface area contributed by atoms with Crippen LogP contribution in [0.15, 0.2) is 83.3 Å². The number of hydrogen-bond donors (Lipinski definition) is 0. The number of anilines is 3. The number of unbranched alkanes of at least 4 members (excludes halogenated alkanes) is 1. The Bertz CT molecular complexity index is 789. The van der Waals surface area contributed by atoms with Gasteiger partial charge < -0.3 is 9.64 Å². The molecule has 134 valence electrons. The van der Waals surface area contributed by atoms with Crippen molar-refractivity contribution in [2.75, 3.05) is 16.8 Å². The van der Waals surface area contributed by atoms with Crippen molar-refractivity contribution in [1.29, 1.82) is 0 Å². The molecular weight excluding hydrogens is 454 g/mol. The summed E-state index contributed by atoms with van der Waals surface area (Å²) in [7, 11) is 0. The van der Waals surface area contributed by atoms with Crippen LogP contribution in [-0.4, -0.2) is 11.9 Å². The van der Waals surface area contributed by atoms with Gasteiger partial charge in [0, 0.05) is 26.9 Å². The Morgan fingerprint density at radius 2 is 1.27 bits per heavy atom. The van der Waals surface area contributed by atoms with Crippen LogP contribution in [0.5, 0.6) is 5.75 Å². The summed E-state index contributed by atoms with van der Waals surface area (Å²) in [6.07, 6.45) is 2.19. The van der Waals surface area contributed by atoms with Crippen molar-refractivity contribution in [3.8, 4) is 5.75 Å². The molecule has 0 radical (unpaired) electrons. The molecule has 26 heavy (non-hydrogen) atoms. The number of ether oxygens (including phenoxy) is 1. The van der Waals surface area contributed by atoms with Crippen molar-refractivity contribution in [3.63, 3.8) is 0 Å². The SMILES string of the molecule is BrCCCCOc1ccc(N(c2ccccc2)c2ccc(Br)cc2)cc1. The second-order valence-electron chi connectivity index (χ2n) is 5.89. The third-order valence-electron chi connectivity index (χ3n) is 3.99. The normalized spacial score (nSPS) is 10.5. The van der Waals surface area contributed by atoms with E-state index in [-0.39, 0.29) is 0 Å². The summed E-state index contributed by atoms with van der Waals surface area (Å²) in [5, 5.41) is 1.02. The molecule has 0 spiro atoms. The lowest BCUT2D eigenvalue weighted by Gasteiger charge is -2.25. The highest BCUT2D eigenvalue weighted by Crippen LogP contribution is 2.35. The number of para-hydroxylation sites is 1. The van der Waals surface area contributed by atoms with E-state index >= 15 is 0 Å². The predicted octanol–water partition coefficient (Wildman–Crippen LogP) is 7.47. The van der Waals surface area contributed by atoms with Crippen LogP contribution in [-0.2, 0) is 0 Å². The third-order valence-corrected chi connectivity index (χ3v) is 5.08. The molecule has 0 saturated carbocycles. The fourth-order valence-corrected chi connectivity index (χ4v) is 3.35. The quantitative estimate of drug-likeness (QED) is 0.248. The second kappa shape index (κ2) is 9.79. The Morgan fingerprint density at radius 1 is 0.692 bits per heavy atom. The summed E-state index contributed by atoms with van der Waals surface area (Å²) in [5.74, 6) is 0.909. The van der Waals surface area contributed by atoms with Gasteiger partial charge in [0.2, 0.25) is 0 Å². The van der Waals surface area contributed by atoms with E-state index in [1.54, 1.807) is 0 Å². The number of alkyl halides is 1. The van der Waals surface area contributed by atoms with Crippen molar-refractivity contribution in [2.24, 2.45) is 0 Å². The molecule has 0 heterocycles. The molecule has 2 nitrogen and oxygen atoms in total. The maximum atomic E-state index is 5.82. The van der Waals surface area contributed by atoms with Crippen molar-refractivity contribution in [3.05, 3.63) is 83.3 Å². The highest BCUT2D eigenvalue weighted by atomic mass is 79.9. The highest BCUT2D eigenvalue weighted by molar-refractivity contribution is 9.10. The highest BCUT2D eigenvalue weighted by Gasteiger charge is 2.12. The average molecular weight is 475 g/mol. The van der Waals surface area contributed by atoms with Crippen LogP contribution in [0, 0.1) is 0 Å². The molecule has 0 unspecified atom stereocenters. The lowest BCUT2D eigenvalue weighted by atomic mass is 10.2. The molecule has 0 aliphatic heterocycles. The molecule has 0 N–H and O–H groups in total. The maximum absolute atomic E-state index is 5.82. The van der Waals surface area contributed by atoms with E-state index in [1.165, 1.54) is 0 Å². The first-order valence-electron chi connectivity index (χ1n) is 8.67. The van der Waals surface area contributed by atoms with Crippen molar-refractivity contribution >= 4 is 48.9 Å². The molecule has 0 amide bonds. The van der Waals surface area contributed by atoms with Gasteiger partial charge in [-0.25, -0.2) is 0 Å². The minimum Gasteiger partial charge on any atom is -0.494 e. The van der Waals surface area contributed by atoms with Crippen LogP contribution < -0.4 is 9.64 Å². The van der Waals surface area contributed by atoms with E-state index in [1.807, 2.05) is 18.2 Å². The summed E-state index contributed by atoms with van der Waals surface area (Å²) in [6, 6.07) is 27.0. The molecular formula is C22H21Br2NO. The van der Waals surface area contributed by atoms with Gasteiger partial charge in [-0.1, -0.05) is 50.1 Å². The lowest BCUT2D eigenvalue weighted by Crippen LogP contribution is -2.09. The fourth-order valence-electron chi connectivity index (χ4n) is 2.69. The Morgan fingerprint density at radius 3 is 1.88 bits per heavy atom. The Hall–Kier alpha value is -1.78. The van der Waals surface area contributed by atoms with Gasteiger partial charge in [0.15, 0.2) is 0 Å². The first kappa shape index (κ1) is 19.0. The molecule has 0 fully saturated rings. The summed E-state index contributed by atoms with van der Waals surface area (Å²) >= 11 is 6.96. The number of hydrogen-bond acceptors (Lipinski definition) is 2. The van der Waals surface area contributed by atoms with Gasteiger partial charge in [-0.15, -0.1) is 0 Å². The molecule has 0 saturated heterocycles. The van der Waals surface area contributed by atoms with Gasteiger partial charge in [-0.05, 0) is 73.5 Å². The Labute approximate surface area is 172 Å². The number of nitrogens with zero attached hydrogens (tertiary/aromatic N) is 1. The molecule has 3 aromatic carbocycles. The molecule has 0 aliphatic rings. The Kier molecular flexibility index (Phi) is 7.15. The van der Waals surface area contributed by atoms with E-state index in [0.29, 0.717) is 0 Å². The maximum Gasteiger partial charge on any atom is 0.119 e. The van der Waals surface area contributed by atoms with Crippen LogP contribution in [0.2, 0.25) is 0 Å². The predicted molar refractivity (Wildman–Crippen MR) is 117 cm³/mol. The van der Waals surface area contributed by atoms with Gasteiger partial charge >= 0.3 is 0 Å². The minimum absolute atomic E-state index is 0.750. The smallest absolute Gasteiger partial charge is 0.119 e. The van der Waals surface area contributed by atoms with Crippen molar-refractivity contribution < 1.29 is 4.74 Å². The molecule has 3 rings (SSSR count). The molecule has 4 heteroatoms. The summed E-state index contributed by atoms with van der Waals surface area (Å²) in [4.78, 5) is 2.24. The van der Waals surface area contributed by atoms with E-state index in [4.69, 9.17) is 4.74 Å². The second-order valence-corrected chi connectivity index (χ2v) is 7.59.